The van der Waals surface area contributed by atoms with Gasteiger partial charge in [0.15, 0.2) is 0 Å². The summed E-state index contributed by atoms with van der Waals surface area (Å²) in [5.74, 6) is -3.81. The van der Waals surface area contributed by atoms with Crippen molar-refractivity contribution in [3.8, 4) is 0 Å². The third-order valence-corrected chi connectivity index (χ3v) is 4.12. The van der Waals surface area contributed by atoms with Gasteiger partial charge >= 0.3 is 23.9 Å². The van der Waals surface area contributed by atoms with Gasteiger partial charge in [-0.2, -0.15) is 0 Å². The molecule has 160 valence electrons. The second-order valence-corrected chi connectivity index (χ2v) is 6.49. The van der Waals surface area contributed by atoms with Gasteiger partial charge in [0, 0.05) is 13.0 Å². The van der Waals surface area contributed by atoms with Gasteiger partial charge in [-0.25, -0.2) is 14.4 Å². The summed E-state index contributed by atoms with van der Waals surface area (Å²) >= 11 is 0. The van der Waals surface area contributed by atoms with Crippen molar-refractivity contribution in [1.82, 2.24) is 16.0 Å². The molecule has 0 fully saturated rings. The van der Waals surface area contributed by atoms with Crippen LogP contribution in [0.3, 0.4) is 0 Å². The average Bonchev–Trinajstić information content (AvgIpc) is 2.67. The number of carbonyl (C=O) groups is 4. The molecule has 1 aromatic carbocycles. The summed E-state index contributed by atoms with van der Waals surface area (Å²) in [5.41, 5.74) is 1.14. The van der Waals surface area contributed by atoms with Crippen LogP contribution < -0.4 is 16.0 Å². The minimum Gasteiger partial charge on any atom is -0.481 e. The third-order valence-electron chi connectivity index (χ3n) is 4.12. The normalized spacial score (nSPS) is 12.6. The SMILES string of the molecule is O=C(O)CCC(NC(=O)N[C@@H](CCCCNCc1ccccc1)C(=O)O)C(=O)O. The molecule has 0 aliphatic carbocycles. The first-order valence-corrected chi connectivity index (χ1v) is 9.28. The summed E-state index contributed by atoms with van der Waals surface area (Å²) in [6.45, 7) is 1.39. The molecule has 1 rings (SSSR count). The number of carboxylic acids is 3. The van der Waals surface area contributed by atoms with Crippen LogP contribution in [0.4, 0.5) is 4.79 Å². The van der Waals surface area contributed by atoms with E-state index in [-0.39, 0.29) is 12.8 Å². The lowest BCUT2D eigenvalue weighted by Crippen LogP contribution is -2.51. The zero-order valence-electron chi connectivity index (χ0n) is 16.0. The molecule has 2 atom stereocenters. The third kappa shape index (κ3) is 10.7. The molecule has 0 aliphatic heterocycles. The molecule has 0 aliphatic rings. The van der Waals surface area contributed by atoms with Crippen LogP contribution in [0.2, 0.25) is 0 Å². The standard InChI is InChI=1S/C19H27N3O7/c23-16(24)10-9-15(18(27)28)22-19(29)21-14(17(25)26)8-4-5-11-20-12-13-6-2-1-3-7-13/h1-3,6-7,14-15,20H,4-5,8-12H2,(H,23,24)(H,25,26)(H,27,28)(H2,21,22,29)/t14-,15?/m0/s1. The molecule has 0 radical (unpaired) electrons. The van der Waals surface area contributed by atoms with Crippen LogP contribution >= 0.6 is 0 Å². The molecule has 0 aromatic heterocycles. The Hall–Kier alpha value is -3.14. The van der Waals surface area contributed by atoms with Crippen LogP contribution in [0.25, 0.3) is 0 Å². The van der Waals surface area contributed by atoms with Gasteiger partial charge in [-0.05, 0) is 37.8 Å². The van der Waals surface area contributed by atoms with Gasteiger partial charge in [-0.15, -0.1) is 0 Å². The van der Waals surface area contributed by atoms with Gasteiger partial charge in [-0.3, -0.25) is 4.79 Å². The Labute approximate surface area is 168 Å². The molecule has 0 spiro atoms. The van der Waals surface area contributed by atoms with Crippen molar-refractivity contribution in [2.24, 2.45) is 0 Å². The first-order valence-electron chi connectivity index (χ1n) is 9.28. The molecule has 1 aromatic rings. The van der Waals surface area contributed by atoms with Crippen LogP contribution in [0.5, 0.6) is 0 Å². The number of aliphatic carboxylic acids is 3. The van der Waals surface area contributed by atoms with Crippen LogP contribution in [-0.4, -0.2) is 57.9 Å². The molecule has 0 heterocycles. The molecule has 10 nitrogen and oxygen atoms in total. The average molecular weight is 409 g/mol. The molecular formula is C19H27N3O7. The molecule has 0 bridgehead atoms. The monoisotopic (exact) mass is 409 g/mol. The van der Waals surface area contributed by atoms with Gasteiger partial charge in [0.1, 0.15) is 12.1 Å². The Morgan fingerprint density at radius 1 is 0.828 bits per heavy atom. The highest BCUT2D eigenvalue weighted by atomic mass is 16.4. The number of benzene rings is 1. The van der Waals surface area contributed by atoms with E-state index in [0.29, 0.717) is 25.9 Å². The fourth-order valence-electron chi connectivity index (χ4n) is 2.57. The fourth-order valence-corrected chi connectivity index (χ4v) is 2.57. The van der Waals surface area contributed by atoms with Crippen molar-refractivity contribution in [3.05, 3.63) is 35.9 Å². The molecule has 6 N–H and O–H groups in total. The Bertz CT molecular complexity index is 682. The maximum Gasteiger partial charge on any atom is 0.326 e. The summed E-state index contributed by atoms with van der Waals surface area (Å²) in [6, 6.07) is 6.28. The van der Waals surface area contributed by atoms with E-state index in [0.717, 1.165) is 5.56 Å². The Kier molecular flexibility index (Phi) is 10.8. The van der Waals surface area contributed by atoms with Gasteiger partial charge in [0.05, 0.1) is 0 Å². The highest BCUT2D eigenvalue weighted by Gasteiger charge is 2.24. The number of rotatable bonds is 14. The Morgan fingerprint density at radius 2 is 1.41 bits per heavy atom. The Balaban J connectivity index is 2.33. The molecule has 10 heteroatoms. The number of hydrogen-bond acceptors (Lipinski definition) is 5. The van der Waals surface area contributed by atoms with Crippen molar-refractivity contribution in [1.29, 1.82) is 0 Å². The first-order chi connectivity index (χ1) is 13.8. The summed E-state index contributed by atoms with van der Waals surface area (Å²) in [7, 11) is 0. The van der Waals surface area contributed by atoms with Crippen LogP contribution in [0, 0.1) is 0 Å². The first kappa shape index (κ1) is 23.9. The number of amides is 2. The summed E-state index contributed by atoms with van der Waals surface area (Å²) < 4.78 is 0. The summed E-state index contributed by atoms with van der Waals surface area (Å²) in [6.07, 6.45) is 0.692. The highest BCUT2D eigenvalue weighted by Crippen LogP contribution is 2.03. The van der Waals surface area contributed by atoms with E-state index in [1.54, 1.807) is 0 Å². The zero-order valence-corrected chi connectivity index (χ0v) is 16.0. The number of urea groups is 1. The van der Waals surface area contributed by atoms with Crippen molar-refractivity contribution >= 4 is 23.9 Å². The number of unbranched alkanes of at least 4 members (excludes halogenated alkanes) is 1. The highest BCUT2D eigenvalue weighted by molar-refractivity contribution is 5.86. The summed E-state index contributed by atoms with van der Waals surface area (Å²) in [4.78, 5) is 44.9. The maximum atomic E-state index is 11.9. The topological polar surface area (TPSA) is 165 Å². The van der Waals surface area contributed by atoms with Crippen molar-refractivity contribution < 1.29 is 34.5 Å². The predicted molar refractivity (Wildman–Crippen MR) is 103 cm³/mol. The largest absolute Gasteiger partial charge is 0.481 e. The van der Waals surface area contributed by atoms with Crippen molar-refractivity contribution in [3.63, 3.8) is 0 Å². The molecule has 0 saturated heterocycles. The van der Waals surface area contributed by atoms with Crippen LogP contribution in [0.1, 0.15) is 37.7 Å². The maximum absolute atomic E-state index is 11.9. The molecule has 2 amide bonds. The minimum atomic E-state index is -1.41. The smallest absolute Gasteiger partial charge is 0.326 e. The van der Waals surface area contributed by atoms with E-state index in [4.69, 9.17) is 10.2 Å². The molecule has 29 heavy (non-hydrogen) atoms. The van der Waals surface area contributed by atoms with Gasteiger partial charge < -0.3 is 31.3 Å². The lowest BCUT2D eigenvalue weighted by molar-refractivity contribution is -0.140. The quantitative estimate of drug-likeness (QED) is 0.248. The van der Waals surface area contributed by atoms with E-state index < -0.39 is 42.4 Å². The second kappa shape index (κ2) is 13.1. The fraction of sp³-hybridized carbons (Fsp3) is 0.474. The van der Waals surface area contributed by atoms with E-state index in [1.165, 1.54) is 0 Å². The lowest BCUT2D eigenvalue weighted by Gasteiger charge is -2.18. The van der Waals surface area contributed by atoms with E-state index in [2.05, 4.69) is 16.0 Å². The number of hydrogen-bond donors (Lipinski definition) is 6. The second-order valence-electron chi connectivity index (χ2n) is 6.49. The number of carbonyl (C=O) groups excluding carboxylic acids is 1. The molecular weight excluding hydrogens is 382 g/mol. The van der Waals surface area contributed by atoms with Crippen LogP contribution in [0.15, 0.2) is 30.3 Å². The zero-order chi connectivity index (χ0) is 21.6. The van der Waals surface area contributed by atoms with Crippen molar-refractivity contribution in [2.75, 3.05) is 6.54 Å². The van der Waals surface area contributed by atoms with Gasteiger partial charge in [0.2, 0.25) is 0 Å². The molecule has 1 unspecified atom stereocenters. The lowest BCUT2D eigenvalue weighted by atomic mass is 10.1. The summed E-state index contributed by atoms with van der Waals surface area (Å²) in [5, 5.41) is 34.5. The van der Waals surface area contributed by atoms with E-state index >= 15 is 0 Å². The Morgan fingerprint density at radius 3 is 1.97 bits per heavy atom. The van der Waals surface area contributed by atoms with Crippen LogP contribution in [-0.2, 0) is 20.9 Å². The van der Waals surface area contributed by atoms with Gasteiger partial charge in [0.25, 0.3) is 0 Å². The molecule has 0 saturated carbocycles. The van der Waals surface area contributed by atoms with Crippen molar-refractivity contribution in [2.45, 2.75) is 50.7 Å². The number of nitrogens with one attached hydrogen (secondary N) is 3. The number of carboxylic acid groups (broad SMARTS) is 3. The van der Waals surface area contributed by atoms with E-state index in [9.17, 15) is 24.3 Å². The van der Waals surface area contributed by atoms with E-state index in [1.807, 2.05) is 30.3 Å². The van der Waals surface area contributed by atoms with Gasteiger partial charge in [-0.1, -0.05) is 30.3 Å². The minimum absolute atomic E-state index is 0.183. The predicted octanol–water partition coefficient (Wildman–Crippen LogP) is 1.02.